The number of ether oxygens (including phenoxy) is 1. The first-order valence-corrected chi connectivity index (χ1v) is 5.28. The zero-order valence-electron chi connectivity index (χ0n) is 7.43. The molecule has 0 spiro atoms. The second-order valence-electron chi connectivity index (χ2n) is 2.86. The molecule has 2 rings (SSSR count). The first-order valence-electron chi connectivity index (χ1n) is 4.02. The Bertz CT molecular complexity index is 343. The Kier molecular flexibility index (Phi) is 2.30. The van der Waals surface area contributed by atoms with Gasteiger partial charge in [-0.1, -0.05) is 23.4 Å². The molecule has 1 N–H and O–H groups in total. The van der Waals surface area contributed by atoms with Crippen LogP contribution in [0.2, 0.25) is 5.02 Å². The molecule has 1 heterocycles. The fourth-order valence-electron chi connectivity index (χ4n) is 1.37. The first-order chi connectivity index (χ1) is 6.22. The Hall–Kier alpha value is -0.540. The minimum atomic E-state index is 0.365. The van der Waals surface area contributed by atoms with Crippen molar-refractivity contribution in [2.45, 2.75) is 17.2 Å². The molecule has 1 aromatic rings. The van der Waals surface area contributed by atoms with Crippen LogP contribution in [0.4, 0.5) is 5.69 Å². The highest BCUT2D eigenvalue weighted by atomic mass is 35.5. The van der Waals surface area contributed by atoms with Crippen molar-refractivity contribution in [3.63, 3.8) is 0 Å². The SMILES string of the molecule is COc1ccc(Cl)c2c1NC(C)S2. The van der Waals surface area contributed by atoms with E-state index in [1.54, 1.807) is 18.9 Å². The van der Waals surface area contributed by atoms with E-state index < -0.39 is 0 Å². The van der Waals surface area contributed by atoms with Crippen LogP contribution in [0.3, 0.4) is 0 Å². The van der Waals surface area contributed by atoms with E-state index in [0.29, 0.717) is 5.37 Å². The molecule has 0 radical (unpaired) electrons. The molecule has 4 heteroatoms. The molecule has 2 nitrogen and oxygen atoms in total. The van der Waals surface area contributed by atoms with Crippen LogP contribution in [0, 0.1) is 0 Å². The summed E-state index contributed by atoms with van der Waals surface area (Å²) in [5, 5.41) is 4.47. The maximum absolute atomic E-state index is 6.05. The van der Waals surface area contributed by atoms with Crippen molar-refractivity contribution in [3.8, 4) is 5.75 Å². The number of hydrogen-bond donors (Lipinski definition) is 1. The molecule has 1 aliphatic heterocycles. The van der Waals surface area contributed by atoms with Crippen LogP contribution in [0.25, 0.3) is 0 Å². The zero-order valence-corrected chi connectivity index (χ0v) is 9.00. The zero-order chi connectivity index (χ0) is 9.42. The number of fused-ring (bicyclic) bond motifs is 1. The standard InChI is InChI=1S/C9H10ClNOS/c1-5-11-8-7(12-2)4-3-6(10)9(8)13-5/h3-5,11H,1-2H3. The fourth-order valence-corrected chi connectivity index (χ4v) is 2.65. The Balaban J connectivity index is 2.52. The average molecular weight is 216 g/mol. The van der Waals surface area contributed by atoms with Crippen molar-refractivity contribution >= 4 is 29.1 Å². The lowest BCUT2D eigenvalue weighted by Crippen LogP contribution is -2.03. The van der Waals surface area contributed by atoms with E-state index in [1.165, 1.54) is 0 Å². The van der Waals surface area contributed by atoms with Crippen molar-refractivity contribution in [1.82, 2.24) is 0 Å². The van der Waals surface area contributed by atoms with E-state index in [1.807, 2.05) is 12.1 Å². The molecule has 0 fully saturated rings. The molecule has 0 aliphatic carbocycles. The van der Waals surface area contributed by atoms with Gasteiger partial charge in [0.05, 0.1) is 28.1 Å². The second kappa shape index (κ2) is 3.31. The maximum Gasteiger partial charge on any atom is 0.143 e. The molecular formula is C9H10ClNOS. The lowest BCUT2D eigenvalue weighted by molar-refractivity contribution is 0.416. The highest BCUT2D eigenvalue weighted by molar-refractivity contribution is 8.00. The van der Waals surface area contributed by atoms with Gasteiger partial charge in [0.1, 0.15) is 5.75 Å². The van der Waals surface area contributed by atoms with Gasteiger partial charge >= 0.3 is 0 Å². The number of nitrogens with one attached hydrogen (secondary N) is 1. The number of halogens is 1. The van der Waals surface area contributed by atoms with E-state index in [9.17, 15) is 0 Å². The summed E-state index contributed by atoms with van der Waals surface area (Å²) in [6.45, 7) is 2.10. The lowest BCUT2D eigenvalue weighted by Gasteiger charge is -2.07. The number of rotatable bonds is 1. The van der Waals surface area contributed by atoms with E-state index in [4.69, 9.17) is 16.3 Å². The molecule has 1 unspecified atom stereocenters. The maximum atomic E-state index is 6.05. The Labute approximate surface area is 86.6 Å². The Morgan fingerprint density at radius 2 is 2.31 bits per heavy atom. The largest absolute Gasteiger partial charge is 0.495 e. The van der Waals surface area contributed by atoms with Crippen LogP contribution in [-0.2, 0) is 0 Å². The summed E-state index contributed by atoms with van der Waals surface area (Å²) in [5.41, 5.74) is 1.02. The van der Waals surface area contributed by atoms with Crippen LogP contribution < -0.4 is 10.1 Å². The van der Waals surface area contributed by atoms with Gasteiger partial charge in [-0.3, -0.25) is 0 Å². The first kappa shape index (κ1) is 9.03. The van der Waals surface area contributed by atoms with Crippen LogP contribution in [0.15, 0.2) is 17.0 Å². The van der Waals surface area contributed by atoms with Crippen LogP contribution in [-0.4, -0.2) is 12.5 Å². The van der Waals surface area contributed by atoms with Crippen LogP contribution in [0.1, 0.15) is 6.92 Å². The fraction of sp³-hybridized carbons (Fsp3) is 0.333. The molecule has 0 bridgehead atoms. The summed E-state index contributed by atoms with van der Waals surface area (Å²) in [7, 11) is 1.67. The normalized spacial score (nSPS) is 19.5. The highest BCUT2D eigenvalue weighted by Crippen LogP contribution is 2.47. The van der Waals surface area contributed by atoms with E-state index >= 15 is 0 Å². The minimum absolute atomic E-state index is 0.365. The average Bonchev–Trinajstić information content (AvgIpc) is 2.48. The van der Waals surface area contributed by atoms with Gasteiger partial charge in [-0.15, -0.1) is 0 Å². The second-order valence-corrected chi connectivity index (χ2v) is 4.62. The lowest BCUT2D eigenvalue weighted by atomic mass is 10.3. The minimum Gasteiger partial charge on any atom is -0.495 e. The van der Waals surface area contributed by atoms with Crippen LogP contribution in [0.5, 0.6) is 5.75 Å². The van der Waals surface area contributed by atoms with Gasteiger partial charge < -0.3 is 10.1 Å². The summed E-state index contributed by atoms with van der Waals surface area (Å²) in [6.07, 6.45) is 0. The van der Waals surface area contributed by atoms with Crippen molar-refractivity contribution in [2.75, 3.05) is 12.4 Å². The topological polar surface area (TPSA) is 21.3 Å². The number of anilines is 1. The third-order valence-electron chi connectivity index (χ3n) is 1.93. The van der Waals surface area contributed by atoms with Gasteiger partial charge in [-0.2, -0.15) is 0 Å². The van der Waals surface area contributed by atoms with Gasteiger partial charge in [0.15, 0.2) is 0 Å². The van der Waals surface area contributed by atoms with E-state index in [0.717, 1.165) is 21.4 Å². The summed E-state index contributed by atoms with van der Waals surface area (Å²) in [4.78, 5) is 1.09. The number of benzene rings is 1. The van der Waals surface area contributed by atoms with Gasteiger partial charge in [0, 0.05) is 0 Å². The summed E-state index contributed by atoms with van der Waals surface area (Å²) >= 11 is 7.77. The molecule has 13 heavy (non-hydrogen) atoms. The Morgan fingerprint density at radius 3 is 3.00 bits per heavy atom. The summed E-state index contributed by atoms with van der Waals surface area (Å²) in [6, 6.07) is 3.75. The summed E-state index contributed by atoms with van der Waals surface area (Å²) in [5.74, 6) is 0.858. The van der Waals surface area contributed by atoms with Crippen molar-refractivity contribution in [3.05, 3.63) is 17.2 Å². The number of methoxy groups -OCH3 is 1. The smallest absolute Gasteiger partial charge is 0.143 e. The van der Waals surface area contributed by atoms with Gasteiger partial charge in [0.25, 0.3) is 0 Å². The molecule has 1 atom stereocenters. The Morgan fingerprint density at radius 1 is 1.54 bits per heavy atom. The predicted octanol–water partition coefficient (Wildman–Crippen LogP) is 3.21. The predicted molar refractivity (Wildman–Crippen MR) is 56.9 cm³/mol. The monoisotopic (exact) mass is 215 g/mol. The molecule has 0 saturated heterocycles. The van der Waals surface area contributed by atoms with Crippen molar-refractivity contribution in [2.24, 2.45) is 0 Å². The van der Waals surface area contributed by atoms with Gasteiger partial charge in [0.2, 0.25) is 0 Å². The summed E-state index contributed by atoms with van der Waals surface area (Å²) < 4.78 is 5.23. The van der Waals surface area contributed by atoms with Crippen LogP contribution >= 0.6 is 23.4 Å². The molecular weight excluding hydrogens is 206 g/mol. The number of hydrogen-bond acceptors (Lipinski definition) is 3. The van der Waals surface area contributed by atoms with E-state index in [2.05, 4.69) is 12.2 Å². The number of thioether (sulfide) groups is 1. The highest BCUT2D eigenvalue weighted by Gasteiger charge is 2.23. The molecule has 1 aromatic carbocycles. The van der Waals surface area contributed by atoms with Gasteiger partial charge in [-0.05, 0) is 19.1 Å². The third-order valence-corrected chi connectivity index (χ3v) is 3.49. The molecule has 0 aromatic heterocycles. The van der Waals surface area contributed by atoms with E-state index in [-0.39, 0.29) is 0 Å². The van der Waals surface area contributed by atoms with Crippen molar-refractivity contribution in [1.29, 1.82) is 0 Å². The quantitative estimate of drug-likeness (QED) is 0.778. The molecule has 0 amide bonds. The molecule has 70 valence electrons. The molecule has 0 saturated carbocycles. The van der Waals surface area contributed by atoms with Gasteiger partial charge in [-0.25, -0.2) is 0 Å². The van der Waals surface area contributed by atoms with Crippen molar-refractivity contribution < 1.29 is 4.74 Å². The molecule has 1 aliphatic rings. The third kappa shape index (κ3) is 1.46.